The number of aromatic nitrogens is 2. The van der Waals surface area contributed by atoms with Crippen molar-refractivity contribution in [3.05, 3.63) is 59.9 Å². The number of imidazole rings is 1. The zero-order valence-electron chi connectivity index (χ0n) is 32.2. The minimum atomic E-state index is -1.38. The maximum atomic E-state index is 13.6. The van der Waals surface area contributed by atoms with Crippen LogP contribution in [0.25, 0.3) is 5.32 Å². The summed E-state index contributed by atoms with van der Waals surface area (Å²) in [7, 11) is 0. The van der Waals surface area contributed by atoms with Gasteiger partial charge in [-0.2, -0.15) is 48.2 Å². The molecular weight excluding hydrogens is 789 g/mol. The third-order valence-electron chi connectivity index (χ3n) is 8.39. The van der Waals surface area contributed by atoms with Crippen molar-refractivity contribution in [3.63, 3.8) is 0 Å². The third kappa shape index (κ3) is 17.9. The maximum absolute atomic E-state index is 13.6. The first-order valence-electron chi connectivity index (χ1n) is 18.1. The monoisotopic (exact) mass is 845 g/mol. The summed E-state index contributed by atoms with van der Waals surface area (Å²) in [5.74, 6) is -2.05. The Labute approximate surface area is 348 Å². The predicted octanol–water partition coefficient (Wildman–Crippen LogP) is 2.78. The molecule has 1 spiro atoms. The van der Waals surface area contributed by atoms with Gasteiger partial charge in [0.25, 0.3) is 0 Å². The average Bonchev–Trinajstić information content (AvgIpc) is 3.68. The van der Waals surface area contributed by atoms with Crippen molar-refractivity contribution >= 4 is 47.3 Å². The third-order valence-corrected chi connectivity index (χ3v) is 9.03. The van der Waals surface area contributed by atoms with E-state index in [2.05, 4.69) is 42.6 Å². The minimum Gasteiger partial charge on any atom is -0.662 e. The van der Waals surface area contributed by atoms with Gasteiger partial charge in [0, 0.05) is 75.9 Å². The molecular formula is C37H56N8O7SY-2. The normalized spacial score (nSPS) is 15.4. The molecule has 2 fully saturated rings. The van der Waals surface area contributed by atoms with E-state index in [0.29, 0.717) is 31.0 Å². The number of nitrogens with zero attached hydrogens (tertiary/aromatic N) is 3. The van der Waals surface area contributed by atoms with E-state index < -0.39 is 48.5 Å². The van der Waals surface area contributed by atoms with Crippen molar-refractivity contribution in [1.82, 2.24) is 36.1 Å². The summed E-state index contributed by atoms with van der Waals surface area (Å²) in [6.07, 6.45) is 7.12. The fourth-order valence-corrected chi connectivity index (χ4v) is 6.02. The van der Waals surface area contributed by atoms with Gasteiger partial charge in [0.05, 0.1) is 12.9 Å². The number of ketones is 1. The molecule has 2 aromatic rings. The van der Waals surface area contributed by atoms with Crippen molar-refractivity contribution in [3.8, 4) is 0 Å². The van der Waals surface area contributed by atoms with Crippen LogP contribution in [-0.4, -0.2) is 120 Å². The first-order chi connectivity index (χ1) is 25.6. The quantitative estimate of drug-likeness (QED) is 0.148. The Morgan fingerprint density at radius 2 is 1.63 bits per heavy atom. The van der Waals surface area contributed by atoms with Crippen LogP contribution in [0.15, 0.2) is 42.9 Å². The smallest absolute Gasteiger partial charge is 0.409 e. The molecule has 1 radical (unpaired) electrons. The number of H-pyrrole nitrogens is 1. The molecule has 2 saturated heterocycles. The summed E-state index contributed by atoms with van der Waals surface area (Å²) in [5.41, 5.74) is 0.626. The molecule has 1 aromatic carbocycles. The summed E-state index contributed by atoms with van der Waals surface area (Å²) in [4.78, 5) is 85.1. The summed E-state index contributed by atoms with van der Waals surface area (Å²) in [6.45, 7) is 9.08. The van der Waals surface area contributed by atoms with E-state index in [1.807, 2.05) is 57.4 Å². The number of amides is 5. The first-order valence-corrected chi connectivity index (χ1v) is 19.5. The van der Waals surface area contributed by atoms with E-state index in [-0.39, 0.29) is 75.6 Å². The maximum Gasteiger partial charge on any atom is 0.409 e. The van der Waals surface area contributed by atoms with Crippen molar-refractivity contribution in [1.29, 1.82) is 0 Å². The second kappa shape index (κ2) is 27.3. The second-order valence-corrected chi connectivity index (χ2v) is 13.6. The van der Waals surface area contributed by atoms with Crippen molar-refractivity contribution in [2.45, 2.75) is 84.3 Å². The molecule has 3 atom stereocenters. The molecule has 5 N–H and O–H groups in total. The van der Waals surface area contributed by atoms with Crippen LogP contribution >= 0.6 is 11.8 Å². The molecule has 0 saturated carbocycles. The van der Waals surface area contributed by atoms with Crippen LogP contribution in [0.4, 0.5) is 4.79 Å². The number of nitrogens with one attached hydrogen (secondary N) is 5. The first kappa shape index (κ1) is 48.7. The summed E-state index contributed by atoms with van der Waals surface area (Å²) < 4.78 is 5.51. The molecule has 0 aliphatic carbocycles. The van der Waals surface area contributed by atoms with Crippen LogP contribution in [-0.2, 0) is 67.8 Å². The minimum absolute atomic E-state index is 0. The Kier molecular flexibility index (Phi) is 24.6. The molecule has 17 heteroatoms. The van der Waals surface area contributed by atoms with Gasteiger partial charge in [-0.1, -0.05) is 33.6 Å². The Morgan fingerprint density at radius 3 is 2.17 bits per heavy atom. The topological polar surface area (TPSA) is 206 Å². The van der Waals surface area contributed by atoms with Gasteiger partial charge in [-0.3, -0.25) is 24.0 Å². The fraction of sp³-hybridized carbons (Fsp3) is 0.595. The van der Waals surface area contributed by atoms with Crippen LogP contribution in [0.3, 0.4) is 0 Å². The zero-order chi connectivity index (χ0) is 39.1. The van der Waals surface area contributed by atoms with Crippen LogP contribution in [0.2, 0.25) is 0 Å². The van der Waals surface area contributed by atoms with Gasteiger partial charge in [-0.05, 0) is 31.8 Å². The fourth-order valence-electron chi connectivity index (χ4n) is 5.55. The summed E-state index contributed by atoms with van der Waals surface area (Å²) in [5, 5.41) is 14.8. The van der Waals surface area contributed by atoms with E-state index in [4.69, 9.17) is 4.74 Å². The number of hydrogen-bond donors (Lipinski definition) is 5. The molecule has 2 aliphatic heterocycles. The van der Waals surface area contributed by atoms with Crippen molar-refractivity contribution in [2.75, 3.05) is 51.3 Å². The molecule has 297 valence electrons. The number of carbonyl (C=O) groups excluding carboxylic acids is 6. The van der Waals surface area contributed by atoms with E-state index in [0.717, 1.165) is 25.9 Å². The van der Waals surface area contributed by atoms with E-state index in [1.54, 1.807) is 4.90 Å². The van der Waals surface area contributed by atoms with E-state index in [1.165, 1.54) is 31.2 Å². The molecule has 15 nitrogen and oxygen atoms in total. The Balaban J connectivity index is 0.00000145. The van der Waals surface area contributed by atoms with Gasteiger partial charge in [0.15, 0.2) is 0 Å². The molecule has 1 aromatic heterocycles. The molecule has 0 bridgehead atoms. The Bertz CT molecular complexity index is 1380. The molecule has 5 amide bonds. The number of Topliss-reactive ketones (excluding diaryl/α,β-unsaturated/α-hetero) is 1. The molecule has 3 unspecified atom stereocenters. The number of benzene rings is 1. The summed E-state index contributed by atoms with van der Waals surface area (Å²) in [6, 6.07) is 9.06. The number of ether oxygens (including phenoxy) is 1. The van der Waals surface area contributed by atoms with Gasteiger partial charge in [-0.15, -0.1) is 13.1 Å². The van der Waals surface area contributed by atoms with Crippen molar-refractivity contribution in [2.24, 2.45) is 5.41 Å². The van der Waals surface area contributed by atoms with Crippen LogP contribution in [0.5, 0.6) is 0 Å². The summed E-state index contributed by atoms with van der Waals surface area (Å²) >= 11 is 1.47. The van der Waals surface area contributed by atoms with E-state index in [9.17, 15) is 28.8 Å². The molecule has 2 aliphatic rings. The number of likely N-dealkylation sites (tertiary alicyclic amines) is 1. The van der Waals surface area contributed by atoms with Gasteiger partial charge in [0.2, 0.25) is 23.6 Å². The number of hydrogen-bond acceptors (Lipinski definition) is 9. The van der Waals surface area contributed by atoms with Crippen LogP contribution < -0.4 is 21.3 Å². The van der Waals surface area contributed by atoms with Crippen LogP contribution in [0.1, 0.15) is 65.5 Å². The van der Waals surface area contributed by atoms with Gasteiger partial charge in [-0.25, -0.2) is 9.78 Å². The molecule has 3 heterocycles. The Hall–Kier alpha value is -3.34. The predicted molar refractivity (Wildman–Crippen MR) is 204 cm³/mol. The molecule has 4 rings (SSSR count). The van der Waals surface area contributed by atoms with Crippen LogP contribution in [0, 0.1) is 11.5 Å². The van der Waals surface area contributed by atoms with Gasteiger partial charge >= 0.3 is 6.09 Å². The number of carbonyl (C=O) groups is 6. The zero-order valence-corrected chi connectivity index (χ0v) is 35.8. The van der Waals surface area contributed by atoms with Crippen molar-refractivity contribution < 1.29 is 66.2 Å². The molecule has 54 heavy (non-hydrogen) atoms. The number of thioether (sulfide) groups is 1. The SMILES string of the molecule is CC.CCCC(=O)NC(Cc1cnc[nH]1)C(=O)NC(COC(=O)N1CC2(CC[N-]CC2)C1)C(=O)NC(CCSC)C(=O)NCC(C)=O.[Y].[c-]1ccccc1. The Morgan fingerprint density at radius 1 is 0.981 bits per heavy atom. The van der Waals surface area contributed by atoms with E-state index >= 15 is 0 Å². The van der Waals surface area contributed by atoms with Gasteiger partial charge in [0.1, 0.15) is 30.5 Å². The second-order valence-electron chi connectivity index (χ2n) is 12.7. The standard InChI is InChI=1S/C29H45N8O7S.C6H5.C2H6.Y/c1-4-5-24(39)34-22(12-20-14-31-18-33-20)26(41)36-23(15-44-28(43)37-16-29(17-37)7-9-30-10-8-29)27(42)35-21(6-11-45-3)25(40)32-13-19(2)38;1-2-4-6-5-3-1;1-2;/h14,18,21-23H,4-13,15-17H2,1-3H3,(H,31,33)(H,32,40)(H,34,39)(H,35,42)(H,36,41);1-5H;1-2H3;/q2*-1;;. The number of piperidine rings is 1. The average molecular weight is 846 g/mol. The number of aromatic amines is 1. The van der Waals surface area contributed by atoms with Gasteiger partial charge < -0.3 is 41.2 Å². The number of rotatable bonds is 17. The largest absolute Gasteiger partial charge is 0.662 e.